The molecule has 3 atom stereocenters. The highest BCUT2D eigenvalue weighted by Gasteiger charge is 2.55. The molecule has 2 heterocycles. The first-order valence-corrected chi connectivity index (χ1v) is 12.5. The highest BCUT2D eigenvalue weighted by atomic mass is 16.3. The van der Waals surface area contributed by atoms with Gasteiger partial charge >= 0.3 is 0 Å². The average molecular weight is 473 g/mol. The van der Waals surface area contributed by atoms with Gasteiger partial charge in [-0.1, -0.05) is 26.0 Å². The zero-order valence-corrected chi connectivity index (χ0v) is 20.2. The van der Waals surface area contributed by atoms with Crippen molar-refractivity contribution in [3.63, 3.8) is 0 Å². The van der Waals surface area contributed by atoms with E-state index in [9.17, 15) is 19.5 Å². The topological polar surface area (TPSA) is 143 Å². The van der Waals surface area contributed by atoms with Crippen molar-refractivity contribution in [3.8, 4) is 0 Å². The zero-order chi connectivity index (χ0) is 24.4. The molecule has 1 aromatic heterocycles. The van der Waals surface area contributed by atoms with Crippen molar-refractivity contribution in [2.45, 2.75) is 95.9 Å². The number of nitrogens with two attached hydrogens (primary N) is 1. The lowest BCUT2D eigenvalue weighted by Gasteiger charge is -2.57. The van der Waals surface area contributed by atoms with E-state index in [2.05, 4.69) is 15.6 Å². The monoisotopic (exact) mass is 472 g/mol. The molecule has 0 bridgehead atoms. The van der Waals surface area contributed by atoms with E-state index in [-0.39, 0.29) is 48.1 Å². The second-order valence-corrected chi connectivity index (χ2v) is 12.2. The third kappa shape index (κ3) is 4.21. The summed E-state index contributed by atoms with van der Waals surface area (Å²) < 4.78 is 1.64. The summed E-state index contributed by atoms with van der Waals surface area (Å²) >= 11 is 0. The largest absolute Gasteiger partial charge is 0.391 e. The summed E-state index contributed by atoms with van der Waals surface area (Å²) in [6, 6.07) is -1.30. The third-order valence-corrected chi connectivity index (χ3v) is 8.17. The number of nitrogens with one attached hydrogen (secondary N) is 1. The first kappa shape index (κ1) is 23.3. The van der Waals surface area contributed by atoms with E-state index in [1.165, 1.54) is 4.90 Å². The maximum Gasteiger partial charge on any atom is 0.248 e. The van der Waals surface area contributed by atoms with Gasteiger partial charge in [-0.05, 0) is 49.4 Å². The Morgan fingerprint density at radius 2 is 1.88 bits per heavy atom. The van der Waals surface area contributed by atoms with Gasteiger partial charge in [-0.15, -0.1) is 5.10 Å². The molecule has 1 saturated heterocycles. The molecule has 10 nitrogen and oxygen atoms in total. The Morgan fingerprint density at radius 3 is 2.47 bits per heavy atom. The number of amides is 3. The van der Waals surface area contributed by atoms with E-state index in [1.807, 2.05) is 27.0 Å². The Hall–Kier alpha value is -2.49. The second-order valence-electron chi connectivity index (χ2n) is 12.2. The van der Waals surface area contributed by atoms with Gasteiger partial charge in [0.2, 0.25) is 17.7 Å². The van der Waals surface area contributed by atoms with Crippen LogP contribution in [-0.2, 0) is 14.4 Å². The van der Waals surface area contributed by atoms with Gasteiger partial charge in [0.25, 0.3) is 0 Å². The minimum atomic E-state index is -0.742. The summed E-state index contributed by atoms with van der Waals surface area (Å²) in [7, 11) is 0. The number of likely N-dealkylation sites (tertiary alicyclic amines) is 1. The van der Waals surface area contributed by atoms with Gasteiger partial charge in [-0.25, -0.2) is 4.68 Å². The van der Waals surface area contributed by atoms with Crippen molar-refractivity contribution in [2.75, 3.05) is 6.54 Å². The number of primary amides is 1. The molecule has 5 rings (SSSR count). The van der Waals surface area contributed by atoms with Gasteiger partial charge < -0.3 is 21.1 Å². The van der Waals surface area contributed by atoms with Crippen LogP contribution in [0.1, 0.15) is 83.4 Å². The van der Waals surface area contributed by atoms with Crippen molar-refractivity contribution < 1.29 is 19.5 Å². The van der Waals surface area contributed by atoms with Crippen LogP contribution in [0.15, 0.2) is 6.20 Å². The van der Waals surface area contributed by atoms with E-state index >= 15 is 0 Å². The van der Waals surface area contributed by atoms with E-state index in [1.54, 1.807) is 4.68 Å². The van der Waals surface area contributed by atoms with E-state index in [0.29, 0.717) is 5.92 Å². The maximum atomic E-state index is 13.8. The zero-order valence-electron chi connectivity index (χ0n) is 20.2. The number of nitrogens with zero attached hydrogens (tertiary/aromatic N) is 4. The fourth-order valence-electron chi connectivity index (χ4n) is 6.23. The SMILES string of the molecule is CC(C)(C)[C@@H](C(=O)N1CC(O)CC1C(=O)NC1CC2(C1)CC(C(N)=O)C2)n1cc(C2CC2)nn1. The van der Waals surface area contributed by atoms with Crippen LogP contribution < -0.4 is 11.1 Å². The lowest BCUT2D eigenvalue weighted by Crippen LogP contribution is -2.60. The molecule has 3 aliphatic carbocycles. The van der Waals surface area contributed by atoms with Crippen molar-refractivity contribution in [1.29, 1.82) is 0 Å². The fraction of sp³-hybridized carbons (Fsp3) is 0.792. The van der Waals surface area contributed by atoms with Crippen LogP contribution in [0.2, 0.25) is 0 Å². The van der Waals surface area contributed by atoms with Crippen LogP contribution in [0.5, 0.6) is 0 Å². The number of β-amino-alcohol motifs (C(OH)–C–C–N with tert-alkyl or cyclic N) is 1. The first-order chi connectivity index (χ1) is 16.0. The van der Waals surface area contributed by atoms with Crippen LogP contribution in [0, 0.1) is 16.7 Å². The number of aromatic nitrogens is 3. The number of aliphatic hydroxyl groups excluding tert-OH is 1. The molecule has 10 heteroatoms. The Morgan fingerprint density at radius 1 is 1.21 bits per heavy atom. The molecule has 0 radical (unpaired) electrons. The van der Waals surface area contributed by atoms with E-state index in [0.717, 1.165) is 44.2 Å². The molecule has 4 aliphatic rings. The molecule has 1 spiro atoms. The molecular formula is C24H36N6O4. The van der Waals surface area contributed by atoms with Gasteiger partial charge in [0.1, 0.15) is 12.1 Å². The lowest BCUT2D eigenvalue weighted by atomic mass is 9.50. The summed E-state index contributed by atoms with van der Waals surface area (Å²) in [5.74, 6) is -0.292. The molecule has 34 heavy (non-hydrogen) atoms. The summed E-state index contributed by atoms with van der Waals surface area (Å²) in [6.45, 7) is 6.05. The molecule has 0 aromatic carbocycles. The Bertz CT molecular complexity index is 982. The first-order valence-electron chi connectivity index (χ1n) is 12.5. The van der Waals surface area contributed by atoms with Crippen molar-refractivity contribution >= 4 is 17.7 Å². The fourth-order valence-corrected chi connectivity index (χ4v) is 6.23. The Balaban J connectivity index is 1.25. The van der Waals surface area contributed by atoms with Crippen molar-refractivity contribution in [1.82, 2.24) is 25.2 Å². The smallest absolute Gasteiger partial charge is 0.248 e. The molecule has 186 valence electrons. The van der Waals surface area contributed by atoms with Gasteiger partial charge in [-0.2, -0.15) is 0 Å². The molecule has 2 unspecified atom stereocenters. The van der Waals surface area contributed by atoms with Gasteiger partial charge in [-0.3, -0.25) is 14.4 Å². The molecule has 3 saturated carbocycles. The predicted octanol–water partition coefficient (Wildman–Crippen LogP) is 0.865. The van der Waals surface area contributed by atoms with Gasteiger partial charge in [0.15, 0.2) is 0 Å². The highest BCUT2D eigenvalue weighted by molar-refractivity contribution is 5.90. The van der Waals surface area contributed by atoms with E-state index < -0.39 is 23.6 Å². The van der Waals surface area contributed by atoms with Crippen LogP contribution in [0.3, 0.4) is 0 Å². The molecule has 4 fully saturated rings. The molecule has 1 aliphatic heterocycles. The minimum absolute atomic E-state index is 0.0332. The summed E-state index contributed by atoms with van der Waals surface area (Å²) in [5.41, 5.74) is 5.97. The van der Waals surface area contributed by atoms with Crippen molar-refractivity contribution in [3.05, 3.63) is 11.9 Å². The summed E-state index contributed by atoms with van der Waals surface area (Å²) in [5, 5.41) is 22.0. The molecule has 1 aromatic rings. The number of hydrogen-bond donors (Lipinski definition) is 3. The quantitative estimate of drug-likeness (QED) is 0.560. The summed E-state index contributed by atoms with van der Waals surface area (Å²) in [4.78, 5) is 39.8. The van der Waals surface area contributed by atoms with Crippen LogP contribution >= 0.6 is 0 Å². The minimum Gasteiger partial charge on any atom is -0.391 e. The van der Waals surface area contributed by atoms with Gasteiger partial charge in [0, 0.05) is 37.0 Å². The average Bonchev–Trinajstić information content (AvgIpc) is 3.29. The van der Waals surface area contributed by atoms with Crippen molar-refractivity contribution in [2.24, 2.45) is 22.5 Å². The number of aliphatic hydroxyl groups is 1. The van der Waals surface area contributed by atoms with Crippen LogP contribution in [-0.4, -0.2) is 67.5 Å². The Labute approximate surface area is 199 Å². The number of rotatable bonds is 6. The van der Waals surface area contributed by atoms with Crippen LogP contribution in [0.25, 0.3) is 0 Å². The number of carbonyl (C=O) groups is 3. The Kier molecular flexibility index (Phi) is 5.50. The third-order valence-electron chi connectivity index (χ3n) is 8.17. The molecule has 4 N–H and O–H groups in total. The van der Waals surface area contributed by atoms with Crippen LogP contribution in [0.4, 0.5) is 0 Å². The predicted molar refractivity (Wildman–Crippen MR) is 122 cm³/mol. The normalized spacial score (nSPS) is 33.8. The second kappa shape index (κ2) is 8.03. The highest BCUT2D eigenvalue weighted by Crippen LogP contribution is 2.58. The van der Waals surface area contributed by atoms with E-state index in [4.69, 9.17) is 5.73 Å². The number of hydrogen-bond acceptors (Lipinski definition) is 6. The lowest BCUT2D eigenvalue weighted by molar-refractivity contribution is -0.146. The molecule has 3 amide bonds. The standard InChI is InChI=1S/C24H36N6O4/c1-23(2,3)19(30-12-17(27-28-30)13-4-5-13)22(34)29-11-16(31)6-18(29)21(33)26-15-9-24(10-15)7-14(8-24)20(25)32/h12-16,18-19,31H,4-11H2,1-3H3,(H2,25,32)(H,26,33)/t14?,15?,16?,18?,19-,24?/m1/s1. The number of carbonyl (C=O) groups excluding carboxylic acids is 3. The summed E-state index contributed by atoms with van der Waals surface area (Å²) in [6.07, 6.45) is 6.80. The molecular weight excluding hydrogens is 436 g/mol. The van der Waals surface area contributed by atoms with Gasteiger partial charge in [0.05, 0.1) is 11.8 Å². The maximum absolute atomic E-state index is 13.8.